The topological polar surface area (TPSA) is 40.2 Å². The van der Waals surface area contributed by atoms with Crippen LogP contribution in [0.5, 0.6) is 0 Å². The predicted octanol–water partition coefficient (Wildman–Crippen LogP) is 2.75. The van der Waals surface area contributed by atoms with Gasteiger partial charge in [0.25, 0.3) is 0 Å². The highest BCUT2D eigenvalue weighted by molar-refractivity contribution is 7.13. The Morgan fingerprint density at radius 3 is 2.81 bits per heavy atom. The Morgan fingerprint density at radius 2 is 2.19 bits per heavy atom. The molecule has 1 atom stereocenters. The van der Waals surface area contributed by atoms with Gasteiger partial charge in [-0.05, 0) is 51.6 Å². The summed E-state index contributed by atoms with van der Waals surface area (Å²) in [6.45, 7) is 8.25. The SMILES string of the molecule is Cc1csc(NC2CCN(CC3CCCNC3)CC2)n1.Cl. The van der Waals surface area contributed by atoms with Crippen LogP contribution in [0.2, 0.25) is 0 Å². The van der Waals surface area contributed by atoms with E-state index in [0.29, 0.717) is 6.04 Å². The van der Waals surface area contributed by atoms with E-state index in [2.05, 4.69) is 32.8 Å². The first-order valence-electron chi connectivity index (χ1n) is 7.91. The summed E-state index contributed by atoms with van der Waals surface area (Å²) in [6, 6.07) is 0.612. The molecule has 0 aromatic carbocycles. The Hall–Kier alpha value is -0.360. The van der Waals surface area contributed by atoms with Crippen molar-refractivity contribution in [3.8, 4) is 0 Å². The molecular formula is C15H27ClN4S. The minimum Gasteiger partial charge on any atom is -0.359 e. The van der Waals surface area contributed by atoms with E-state index in [4.69, 9.17) is 0 Å². The zero-order valence-corrected chi connectivity index (χ0v) is 14.4. The van der Waals surface area contributed by atoms with Crippen LogP contribution in [0, 0.1) is 12.8 Å². The highest BCUT2D eigenvalue weighted by Crippen LogP contribution is 2.21. The van der Waals surface area contributed by atoms with E-state index in [1.807, 2.05) is 0 Å². The van der Waals surface area contributed by atoms with Crippen LogP contribution in [-0.2, 0) is 0 Å². The third-order valence-corrected chi connectivity index (χ3v) is 5.34. The van der Waals surface area contributed by atoms with Gasteiger partial charge in [-0.3, -0.25) is 0 Å². The number of hydrogen-bond acceptors (Lipinski definition) is 5. The summed E-state index contributed by atoms with van der Waals surface area (Å²) < 4.78 is 0. The Balaban J connectivity index is 0.00000161. The molecule has 2 saturated heterocycles. The summed E-state index contributed by atoms with van der Waals surface area (Å²) in [6.07, 6.45) is 5.26. The average Bonchev–Trinajstić information content (AvgIpc) is 2.88. The van der Waals surface area contributed by atoms with Crippen LogP contribution >= 0.6 is 23.7 Å². The first kappa shape index (κ1) is 17.0. The molecular weight excluding hydrogens is 304 g/mol. The van der Waals surface area contributed by atoms with Gasteiger partial charge in [0.05, 0.1) is 5.69 Å². The van der Waals surface area contributed by atoms with E-state index in [0.717, 1.165) is 16.7 Å². The fraction of sp³-hybridized carbons (Fsp3) is 0.800. The number of aromatic nitrogens is 1. The second-order valence-electron chi connectivity index (χ2n) is 6.23. The zero-order valence-electron chi connectivity index (χ0n) is 12.8. The number of piperidine rings is 2. The van der Waals surface area contributed by atoms with E-state index in [-0.39, 0.29) is 12.4 Å². The van der Waals surface area contributed by atoms with Crippen LogP contribution in [0.1, 0.15) is 31.4 Å². The van der Waals surface area contributed by atoms with Gasteiger partial charge in [-0.15, -0.1) is 23.7 Å². The van der Waals surface area contributed by atoms with Crippen molar-refractivity contribution in [2.75, 3.05) is 38.0 Å². The molecule has 0 spiro atoms. The minimum atomic E-state index is 0. The summed E-state index contributed by atoms with van der Waals surface area (Å²) in [5.74, 6) is 0.870. The summed E-state index contributed by atoms with van der Waals surface area (Å²) >= 11 is 1.73. The van der Waals surface area contributed by atoms with Gasteiger partial charge >= 0.3 is 0 Å². The number of thiazole rings is 1. The van der Waals surface area contributed by atoms with Gasteiger partial charge in [0, 0.05) is 31.1 Å². The molecule has 3 heterocycles. The molecule has 2 aliphatic rings. The summed E-state index contributed by atoms with van der Waals surface area (Å²) in [5.41, 5.74) is 1.12. The Kier molecular flexibility index (Phi) is 6.74. The number of hydrogen-bond donors (Lipinski definition) is 2. The van der Waals surface area contributed by atoms with E-state index >= 15 is 0 Å². The van der Waals surface area contributed by atoms with Crippen molar-refractivity contribution >= 4 is 28.9 Å². The van der Waals surface area contributed by atoms with Crippen molar-refractivity contribution in [3.05, 3.63) is 11.1 Å². The van der Waals surface area contributed by atoms with E-state index in [1.165, 1.54) is 58.4 Å². The van der Waals surface area contributed by atoms with Gasteiger partial charge in [-0.25, -0.2) is 4.98 Å². The average molecular weight is 331 g/mol. The molecule has 2 N–H and O–H groups in total. The second kappa shape index (κ2) is 8.32. The van der Waals surface area contributed by atoms with Gasteiger partial charge in [-0.2, -0.15) is 0 Å². The van der Waals surface area contributed by atoms with Gasteiger partial charge < -0.3 is 15.5 Å². The van der Waals surface area contributed by atoms with Crippen molar-refractivity contribution in [1.29, 1.82) is 0 Å². The van der Waals surface area contributed by atoms with Gasteiger partial charge in [-0.1, -0.05) is 0 Å². The fourth-order valence-electron chi connectivity index (χ4n) is 3.30. The molecule has 0 radical (unpaired) electrons. The largest absolute Gasteiger partial charge is 0.359 e. The van der Waals surface area contributed by atoms with E-state index < -0.39 is 0 Å². The van der Waals surface area contributed by atoms with Crippen LogP contribution in [-0.4, -0.2) is 48.6 Å². The highest BCUT2D eigenvalue weighted by Gasteiger charge is 2.22. The zero-order chi connectivity index (χ0) is 13.8. The number of nitrogens with zero attached hydrogens (tertiary/aromatic N) is 2. The van der Waals surface area contributed by atoms with E-state index in [9.17, 15) is 0 Å². The van der Waals surface area contributed by atoms with Gasteiger partial charge in [0.2, 0.25) is 0 Å². The van der Waals surface area contributed by atoms with Gasteiger partial charge in [0.1, 0.15) is 0 Å². The smallest absolute Gasteiger partial charge is 0.183 e. The molecule has 1 unspecified atom stereocenters. The van der Waals surface area contributed by atoms with Crippen LogP contribution < -0.4 is 10.6 Å². The Morgan fingerprint density at radius 1 is 1.38 bits per heavy atom. The van der Waals surface area contributed by atoms with Crippen molar-refractivity contribution < 1.29 is 0 Å². The fourth-order valence-corrected chi connectivity index (χ4v) is 4.07. The number of aryl methyl sites for hydroxylation is 1. The maximum absolute atomic E-state index is 4.50. The molecule has 1 aromatic heterocycles. The number of anilines is 1. The molecule has 0 aliphatic carbocycles. The Bertz CT molecular complexity index is 412. The monoisotopic (exact) mass is 330 g/mol. The number of likely N-dealkylation sites (tertiary alicyclic amines) is 1. The first-order chi connectivity index (χ1) is 9.79. The summed E-state index contributed by atoms with van der Waals surface area (Å²) in [4.78, 5) is 7.16. The summed E-state index contributed by atoms with van der Waals surface area (Å²) in [7, 11) is 0. The first-order valence-corrected chi connectivity index (χ1v) is 8.79. The normalized spacial score (nSPS) is 24.5. The third-order valence-electron chi connectivity index (χ3n) is 4.45. The van der Waals surface area contributed by atoms with Crippen LogP contribution in [0.25, 0.3) is 0 Å². The highest BCUT2D eigenvalue weighted by atomic mass is 35.5. The lowest BCUT2D eigenvalue weighted by atomic mass is 9.97. The molecule has 4 nitrogen and oxygen atoms in total. The Labute approximate surface area is 138 Å². The molecule has 6 heteroatoms. The maximum atomic E-state index is 4.50. The molecule has 3 rings (SSSR count). The van der Waals surface area contributed by atoms with Crippen molar-refractivity contribution in [2.45, 2.75) is 38.6 Å². The van der Waals surface area contributed by atoms with Crippen molar-refractivity contribution in [2.24, 2.45) is 5.92 Å². The second-order valence-corrected chi connectivity index (χ2v) is 7.08. The molecule has 21 heavy (non-hydrogen) atoms. The van der Waals surface area contributed by atoms with Crippen molar-refractivity contribution in [3.63, 3.8) is 0 Å². The predicted molar refractivity (Wildman–Crippen MR) is 92.8 cm³/mol. The molecule has 1 aromatic rings. The standard InChI is InChI=1S/C15H26N4S.ClH/c1-12-11-20-15(17-12)18-14-4-7-19(8-5-14)10-13-3-2-6-16-9-13;/h11,13-14,16H,2-10H2,1H3,(H,17,18);1H. The third kappa shape index (κ3) is 5.09. The molecule has 0 bridgehead atoms. The summed E-state index contributed by atoms with van der Waals surface area (Å²) in [5, 5.41) is 10.3. The van der Waals surface area contributed by atoms with E-state index in [1.54, 1.807) is 11.3 Å². The maximum Gasteiger partial charge on any atom is 0.183 e. The van der Waals surface area contributed by atoms with Crippen LogP contribution in [0.15, 0.2) is 5.38 Å². The molecule has 2 fully saturated rings. The lowest BCUT2D eigenvalue weighted by Crippen LogP contribution is -2.44. The minimum absolute atomic E-state index is 0. The molecule has 120 valence electrons. The number of nitrogens with one attached hydrogen (secondary N) is 2. The molecule has 0 saturated carbocycles. The van der Waals surface area contributed by atoms with Crippen LogP contribution in [0.3, 0.4) is 0 Å². The lowest BCUT2D eigenvalue weighted by molar-refractivity contribution is 0.173. The van der Waals surface area contributed by atoms with Crippen molar-refractivity contribution in [1.82, 2.24) is 15.2 Å². The molecule has 0 amide bonds. The number of halogens is 1. The quantitative estimate of drug-likeness (QED) is 0.890. The lowest BCUT2D eigenvalue weighted by Gasteiger charge is -2.35. The van der Waals surface area contributed by atoms with Gasteiger partial charge in [0.15, 0.2) is 5.13 Å². The molecule has 2 aliphatic heterocycles. The number of rotatable bonds is 4. The van der Waals surface area contributed by atoms with Crippen LogP contribution in [0.4, 0.5) is 5.13 Å².